The number of nitrogens with one attached hydrogen (secondary N) is 1. The third-order valence-electron chi connectivity index (χ3n) is 3.70. The molecule has 0 unspecified atom stereocenters. The predicted molar refractivity (Wildman–Crippen MR) is 81.8 cm³/mol. The van der Waals surface area contributed by atoms with Crippen molar-refractivity contribution >= 4 is 11.8 Å². The number of hydrogen-bond acceptors (Lipinski definition) is 3. The molecule has 5 nitrogen and oxygen atoms in total. The summed E-state index contributed by atoms with van der Waals surface area (Å²) < 4.78 is 0. The number of likely N-dealkylation sites (tertiary alicyclic amines) is 1. The molecular weight excluding hydrogens is 266 g/mol. The molecule has 2 rings (SSSR count). The number of carbonyl (C=O) groups is 2. The molecule has 114 valence electrons. The summed E-state index contributed by atoms with van der Waals surface area (Å²) >= 11 is 0. The van der Waals surface area contributed by atoms with E-state index in [0.717, 1.165) is 12.8 Å². The van der Waals surface area contributed by atoms with E-state index >= 15 is 0 Å². The van der Waals surface area contributed by atoms with Gasteiger partial charge in [-0.3, -0.25) is 9.59 Å². The predicted octanol–water partition coefficient (Wildman–Crippen LogP) is 1.14. The lowest BCUT2D eigenvalue weighted by Crippen LogP contribution is -2.55. The molecule has 0 spiro atoms. The van der Waals surface area contributed by atoms with Gasteiger partial charge in [0.15, 0.2) is 0 Å². The highest BCUT2D eigenvalue weighted by Gasteiger charge is 2.31. The average molecular weight is 289 g/mol. The van der Waals surface area contributed by atoms with Gasteiger partial charge in [0.25, 0.3) is 5.91 Å². The quantitative estimate of drug-likeness (QED) is 0.876. The molecule has 1 aromatic carbocycles. The number of carbonyl (C=O) groups excluding carboxylic acids is 2. The van der Waals surface area contributed by atoms with Crippen LogP contribution in [0.25, 0.3) is 0 Å². The number of piperidine rings is 1. The fourth-order valence-electron chi connectivity index (χ4n) is 2.49. The first-order valence-electron chi connectivity index (χ1n) is 7.32. The largest absolute Gasteiger partial charge is 0.349 e. The molecule has 0 aromatic heterocycles. The van der Waals surface area contributed by atoms with Gasteiger partial charge in [-0.05, 0) is 38.8 Å². The second-order valence-electron chi connectivity index (χ2n) is 6.13. The summed E-state index contributed by atoms with van der Waals surface area (Å²) in [5.74, 6) is -0.0881. The zero-order valence-corrected chi connectivity index (χ0v) is 12.6. The van der Waals surface area contributed by atoms with Crippen molar-refractivity contribution in [2.24, 2.45) is 5.73 Å². The van der Waals surface area contributed by atoms with Gasteiger partial charge < -0.3 is 16.0 Å². The van der Waals surface area contributed by atoms with Gasteiger partial charge in [-0.15, -0.1) is 0 Å². The van der Waals surface area contributed by atoms with Crippen LogP contribution in [0.5, 0.6) is 0 Å². The first-order chi connectivity index (χ1) is 9.88. The molecule has 0 atom stereocenters. The summed E-state index contributed by atoms with van der Waals surface area (Å²) in [6.07, 6.45) is 1.53. The van der Waals surface area contributed by atoms with E-state index in [0.29, 0.717) is 18.7 Å². The van der Waals surface area contributed by atoms with Crippen LogP contribution in [0.3, 0.4) is 0 Å². The minimum Gasteiger partial charge on any atom is -0.349 e. The maximum absolute atomic E-state index is 12.1. The smallest absolute Gasteiger partial charge is 0.251 e. The van der Waals surface area contributed by atoms with Crippen LogP contribution in [0, 0.1) is 0 Å². The standard InChI is InChI=1S/C16H23N3O2/c1-16(2,17)15(21)19-10-8-13(9-11-19)18-14(20)12-6-4-3-5-7-12/h3-7,13H,8-11,17H2,1-2H3,(H,18,20). The second-order valence-corrected chi connectivity index (χ2v) is 6.13. The number of nitrogens with two attached hydrogens (primary N) is 1. The Morgan fingerprint density at radius 2 is 1.76 bits per heavy atom. The van der Waals surface area contributed by atoms with Crippen LogP contribution in [0.15, 0.2) is 30.3 Å². The van der Waals surface area contributed by atoms with E-state index in [-0.39, 0.29) is 17.9 Å². The van der Waals surface area contributed by atoms with Gasteiger partial charge in [0.05, 0.1) is 5.54 Å². The molecular formula is C16H23N3O2. The summed E-state index contributed by atoms with van der Waals surface area (Å²) in [6, 6.07) is 9.28. The Morgan fingerprint density at radius 3 is 2.29 bits per heavy atom. The molecule has 1 aliphatic rings. The number of amides is 2. The van der Waals surface area contributed by atoms with Crippen LogP contribution in [0.4, 0.5) is 0 Å². The molecule has 1 saturated heterocycles. The van der Waals surface area contributed by atoms with E-state index in [1.165, 1.54) is 0 Å². The summed E-state index contributed by atoms with van der Waals surface area (Å²) in [5.41, 5.74) is 5.67. The van der Waals surface area contributed by atoms with Crippen molar-refractivity contribution in [3.63, 3.8) is 0 Å². The number of benzene rings is 1. The van der Waals surface area contributed by atoms with E-state index in [1.807, 2.05) is 18.2 Å². The molecule has 1 fully saturated rings. The van der Waals surface area contributed by atoms with Gasteiger partial charge in [0.1, 0.15) is 0 Å². The Bertz CT molecular complexity index is 500. The van der Waals surface area contributed by atoms with Crippen LogP contribution in [-0.2, 0) is 4.79 Å². The van der Waals surface area contributed by atoms with E-state index in [2.05, 4.69) is 5.32 Å². The number of hydrogen-bond donors (Lipinski definition) is 2. The van der Waals surface area contributed by atoms with Crippen LogP contribution in [0.1, 0.15) is 37.0 Å². The Labute approximate surface area is 125 Å². The van der Waals surface area contributed by atoms with Crippen molar-refractivity contribution in [3.05, 3.63) is 35.9 Å². The molecule has 0 aliphatic carbocycles. The third kappa shape index (κ3) is 4.04. The molecule has 1 aliphatic heterocycles. The molecule has 0 radical (unpaired) electrons. The van der Waals surface area contributed by atoms with E-state index in [4.69, 9.17) is 5.73 Å². The van der Waals surface area contributed by atoms with Gasteiger partial charge in [-0.2, -0.15) is 0 Å². The van der Waals surface area contributed by atoms with Gasteiger partial charge in [0, 0.05) is 24.7 Å². The van der Waals surface area contributed by atoms with Crippen molar-refractivity contribution < 1.29 is 9.59 Å². The van der Waals surface area contributed by atoms with E-state index < -0.39 is 5.54 Å². The van der Waals surface area contributed by atoms with Gasteiger partial charge >= 0.3 is 0 Å². The Morgan fingerprint density at radius 1 is 1.19 bits per heavy atom. The Kier molecular flexibility index (Phi) is 4.63. The summed E-state index contributed by atoms with van der Waals surface area (Å²) in [7, 11) is 0. The minimum atomic E-state index is -0.833. The second kappa shape index (κ2) is 6.26. The molecule has 1 aromatic rings. The minimum absolute atomic E-state index is 0.0321. The van der Waals surface area contributed by atoms with Gasteiger partial charge in [-0.1, -0.05) is 18.2 Å². The zero-order valence-electron chi connectivity index (χ0n) is 12.6. The van der Waals surface area contributed by atoms with E-state index in [1.54, 1.807) is 30.9 Å². The molecule has 21 heavy (non-hydrogen) atoms. The topological polar surface area (TPSA) is 75.4 Å². The Hall–Kier alpha value is -1.88. The molecule has 0 bridgehead atoms. The maximum Gasteiger partial charge on any atom is 0.251 e. The lowest BCUT2D eigenvalue weighted by Gasteiger charge is -2.35. The SMILES string of the molecule is CC(C)(N)C(=O)N1CCC(NC(=O)c2ccccc2)CC1. The number of nitrogens with zero attached hydrogens (tertiary/aromatic N) is 1. The summed E-state index contributed by atoms with van der Waals surface area (Å²) in [5, 5.41) is 3.03. The van der Waals surface area contributed by atoms with Crippen molar-refractivity contribution in [1.29, 1.82) is 0 Å². The third-order valence-corrected chi connectivity index (χ3v) is 3.70. The van der Waals surface area contributed by atoms with Crippen LogP contribution < -0.4 is 11.1 Å². The normalized spacial score (nSPS) is 16.6. The highest BCUT2D eigenvalue weighted by atomic mass is 16.2. The van der Waals surface area contributed by atoms with Gasteiger partial charge in [-0.25, -0.2) is 0 Å². The average Bonchev–Trinajstić information content (AvgIpc) is 2.47. The van der Waals surface area contributed by atoms with Crippen molar-refractivity contribution in [3.8, 4) is 0 Å². The summed E-state index contributed by atoms with van der Waals surface area (Å²) in [6.45, 7) is 4.72. The summed E-state index contributed by atoms with van der Waals surface area (Å²) in [4.78, 5) is 25.9. The molecule has 3 N–H and O–H groups in total. The first kappa shape index (κ1) is 15.5. The van der Waals surface area contributed by atoms with Crippen molar-refractivity contribution in [2.45, 2.75) is 38.3 Å². The Balaban J connectivity index is 1.85. The van der Waals surface area contributed by atoms with Gasteiger partial charge in [0.2, 0.25) is 5.91 Å². The molecule has 2 amide bonds. The van der Waals surface area contributed by atoms with Crippen molar-refractivity contribution in [1.82, 2.24) is 10.2 Å². The zero-order chi connectivity index (χ0) is 15.5. The fourth-order valence-corrected chi connectivity index (χ4v) is 2.49. The lowest BCUT2D eigenvalue weighted by atomic mass is 10.00. The highest BCUT2D eigenvalue weighted by Crippen LogP contribution is 2.14. The van der Waals surface area contributed by atoms with E-state index in [9.17, 15) is 9.59 Å². The maximum atomic E-state index is 12.1. The molecule has 0 saturated carbocycles. The molecule has 5 heteroatoms. The monoisotopic (exact) mass is 289 g/mol. The molecule has 1 heterocycles. The number of rotatable bonds is 3. The lowest BCUT2D eigenvalue weighted by molar-refractivity contribution is -0.136. The van der Waals surface area contributed by atoms with Crippen LogP contribution in [0.2, 0.25) is 0 Å². The van der Waals surface area contributed by atoms with Crippen LogP contribution >= 0.6 is 0 Å². The first-order valence-corrected chi connectivity index (χ1v) is 7.32. The van der Waals surface area contributed by atoms with Crippen molar-refractivity contribution in [2.75, 3.05) is 13.1 Å². The van der Waals surface area contributed by atoms with Crippen LogP contribution in [-0.4, -0.2) is 41.4 Å². The highest BCUT2D eigenvalue weighted by molar-refractivity contribution is 5.94. The fraction of sp³-hybridized carbons (Fsp3) is 0.500.